The van der Waals surface area contributed by atoms with Crippen molar-refractivity contribution in [3.8, 4) is 0 Å². The third-order valence-corrected chi connectivity index (χ3v) is 8.19. The van der Waals surface area contributed by atoms with Crippen molar-refractivity contribution in [2.24, 2.45) is 11.8 Å². The number of ether oxygens (including phenoxy) is 3. The van der Waals surface area contributed by atoms with Gasteiger partial charge in [-0.2, -0.15) is 0 Å². The summed E-state index contributed by atoms with van der Waals surface area (Å²) in [5, 5.41) is 9.65. The van der Waals surface area contributed by atoms with E-state index in [1.165, 1.54) is 12.8 Å². The number of aliphatic hydroxyl groups is 1. The number of amides is 2. The average Bonchev–Trinajstić information content (AvgIpc) is 3.84. The summed E-state index contributed by atoms with van der Waals surface area (Å²) >= 11 is 0. The van der Waals surface area contributed by atoms with Crippen LogP contribution in [0.1, 0.15) is 50.7 Å². The van der Waals surface area contributed by atoms with E-state index in [4.69, 9.17) is 14.2 Å². The highest BCUT2D eigenvalue weighted by Gasteiger charge is 2.46. The molecular formula is C33H44N2O6. The minimum atomic E-state index is -0.252. The molecule has 4 fully saturated rings. The molecule has 7 rings (SSSR count). The number of nitrogens with zero attached hydrogens (tertiary/aromatic N) is 2. The first-order valence-corrected chi connectivity index (χ1v) is 14.5. The zero-order valence-electron chi connectivity index (χ0n) is 23.0. The Kier molecular flexibility index (Phi) is 11.2. The summed E-state index contributed by atoms with van der Waals surface area (Å²) in [5.74, 6) is 0.795. The highest BCUT2D eigenvalue weighted by atomic mass is 16.6. The Morgan fingerprint density at radius 2 is 1.37 bits per heavy atom. The van der Waals surface area contributed by atoms with E-state index in [2.05, 4.69) is 12.2 Å². The first-order valence-electron chi connectivity index (χ1n) is 14.5. The van der Waals surface area contributed by atoms with Crippen LogP contribution in [-0.2, 0) is 27.4 Å². The lowest BCUT2D eigenvalue weighted by Crippen LogP contribution is -2.41. The first kappa shape index (κ1) is 30.6. The molecule has 8 heteroatoms. The Labute approximate surface area is 243 Å². The number of aliphatic hydroxyl groups excluding tert-OH is 1. The summed E-state index contributed by atoms with van der Waals surface area (Å²) < 4.78 is 15.6. The van der Waals surface area contributed by atoms with Crippen LogP contribution < -0.4 is 0 Å². The van der Waals surface area contributed by atoms with Gasteiger partial charge in [0.1, 0.15) is 13.2 Å². The molecule has 4 bridgehead atoms. The van der Waals surface area contributed by atoms with Gasteiger partial charge in [0.05, 0.1) is 12.1 Å². The third-order valence-electron chi connectivity index (χ3n) is 8.19. The molecule has 3 heterocycles. The summed E-state index contributed by atoms with van der Waals surface area (Å²) in [6.45, 7) is 4.13. The molecule has 0 unspecified atom stereocenters. The van der Waals surface area contributed by atoms with Crippen molar-refractivity contribution in [3.63, 3.8) is 0 Å². The van der Waals surface area contributed by atoms with Gasteiger partial charge in [0.2, 0.25) is 0 Å². The number of likely N-dealkylation sites (tertiary alicyclic amines) is 2. The van der Waals surface area contributed by atoms with Crippen LogP contribution in [0.5, 0.6) is 0 Å². The second-order valence-electron chi connectivity index (χ2n) is 11.1. The maximum absolute atomic E-state index is 11.9. The Morgan fingerprint density at radius 1 is 0.780 bits per heavy atom. The van der Waals surface area contributed by atoms with Gasteiger partial charge in [-0.3, -0.25) is 0 Å². The minimum Gasteiger partial charge on any atom is -0.445 e. The number of piperidine rings is 1. The zero-order valence-corrected chi connectivity index (χ0v) is 23.0. The van der Waals surface area contributed by atoms with Crippen molar-refractivity contribution in [1.29, 1.82) is 0 Å². The summed E-state index contributed by atoms with van der Waals surface area (Å²) in [6, 6.07) is 19.9. The molecule has 2 aromatic carbocycles. The van der Waals surface area contributed by atoms with Crippen LogP contribution >= 0.6 is 0 Å². The number of hydrogen-bond donors (Lipinski definition) is 1. The number of carbonyl (C=O) groups excluding carboxylic acids is 2. The molecule has 2 amide bonds. The molecule has 0 spiro atoms. The van der Waals surface area contributed by atoms with Gasteiger partial charge in [-0.05, 0) is 49.1 Å². The van der Waals surface area contributed by atoms with Gasteiger partial charge in [-0.25, -0.2) is 9.59 Å². The molecule has 8 nitrogen and oxygen atoms in total. The Hall–Kier alpha value is -3.36. The molecule has 2 aromatic rings. The fourth-order valence-corrected chi connectivity index (χ4v) is 5.98. The number of benzene rings is 2. The van der Waals surface area contributed by atoms with Gasteiger partial charge in [-0.1, -0.05) is 80.2 Å². The van der Waals surface area contributed by atoms with E-state index in [0.717, 1.165) is 43.7 Å². The molecule has 1 saturated carbocycles. The fraction of sp³-hybridized carbons (Fsp3) is 0.515. The molecule has 5 atom stereocenters. The van der Waals surface area contributed by atoms with Crippen LogP contribution in [0.2, 0.25) is 0 Å². The van der Waals surface area contributed by atoms with Gasteiger partial charge in [-0.15, -0.1) is 0 Å². The Balaban J connectivity index is 0.000000158. The van der Waals surface area contributed by atoms with Gasteiger partial charge >= 0.3 is 12.2 Å². The summed E-state index contributed by atoms with van der Waals surface area (Å²) in [4.78, 5) is 27.4. The summed E-state index contributed by atoms with van der Waals surface area (Å²) in [5.41, 5.74) is 2.02. The molecule has 3 saturated heterocycles. The number of rotatable bonds is 4. The van der Waals surface area contributed by atoms with Gasteiger partial charge in [0.15, 0.2) is 0 Å². The number of fused-ring (bicyclic) bond motifs is 4. The zero-order chi connectivity index (χ0) is 27.7. The van der Waals surface area contributed by atoms with E-state index < -0.39 is 0 Å². The van der Waals surface area contributed by atoms with Gasteiger partial charge in [0.25, 0.3) is 0 Å². The molecule has 1 N–H and O–H groups in total. The van der Waals surface area contributed by atoms with Crippen molar-refractivity contribution < 1.29 is 28.9 Å². The molecule has 3 aliphatic heterocycles. The van der Waals surface area contributed by atoms with E-state index in [9.17, 15) is 14.7 Å². The van der Waals surface area contributed by atoms with Crippen molar-refractivity contribution in [2.45, 2.75) is 70.9 Å². The Bertz CT molecular complexity index is 1110. The first-order chi connectivity index (χ1) is 19.6. The maximum atomic E-state index is 11.9. The van der Waals surface area contributed by atoms with Gasteiger partial charge in [0, 0.05) is 38.3 Å². The van der Waals surface area contributed by atoms with Crippen LogP contribution in [0.15, 0.2) is 72.8 Å². The van der Waals surface area contributed by atoms with Crippen LogP contribution in [0.25, 0.3) is 0 Å². The molecule has 0 radical (unpaired) electrons. The van der Waals surface area contributed by atoms with Crippen LogP contribution in [0.3, 0.4) is 0 Å². The quantitative estimate of drug-likeness (QED) is 0.473. The highest BCUT2D eigenvalue weighted by Crippen LogP contribution is 2.38. The van der Waals surface area contributed by atoms with E-state index in [1.807, 2.05) is 65.6 Å². The lowest BCUT2D eigenvalue weighted by molar-refractivity contribution is 0.0516. The van der Waals surface area contributed by atoms with Crippen molar-refractivity contribution in [3.05, 3.63) is 83.9 Å². The second-order valence-corrected chi connectivity index (χ2v) is 11.1. The van der Waals surface area contributed by atoms with Crippen molar-refractivity contribution in [2.75, 3.05) is 26.3 Å². The van der Waals surface area contributed by atoms with E-state index in [1.54, 1.807) is 4.90 Å². The number of hydrogen-bond acceptors (Lipinski definition) is 6. The summed E-state index contributed by atoms with van der Waals surface area (Å²) in [7, 11) is 0. The van der Waals surface area contributed by atoms with E-state index in [0.29, 0.717) is 32.1 Å². The van der Waals surface area contributed by atoms with Crippen molar-refractivity contribution >= 4 is 12.2 Å². The maximum Gasteiger partial charge on any atom is 0.410 e. The smallest absolute Gasteiger partial charge is 0.410 e. The van der Waals surface area contributed by atoms with E-state index in [-0.39, 0.29) is 43.7 Å². The van der Waals surface area contributed by atoms with E-state index >= 15 is 0 Å². The fourth-order valence-electron chi connectivity index (χ4n) is 5.98. The second kappa shape index (κ2) is 15.0. The topological polar surface area (TPSA) is 88.5 Å². The molecule has 41 heavy (non-hydrogen) atoms. The predicted octanol–water partition coefficient (Wildman–Crippen LogP) is 5.79. The largest absolute Gasteiger partial charge is 0.445 e. The van der Waals surface area contributed by atoms with Crippen LogP contribution in [-0.4, -0.2) is 71.6 Å². The standard InChI is InChI=1S/C14H17NO3.C14H15NO2.C4H8O.CH4/c16-13-7-12-6-11(13)8-15(12)14(17)18-9-10-4-2-1-3-5-10;16-14(15-9-12-6-7-13(15)8-12)17-10-11-4-2-1-3-5-11;1-2-4-5-3-1;/h1-5,11-13,16H,6-9H2;1-7,12-13H,8-10H2;1-4H2;1H4/t11-,12-,13+;12-,13+;;/m11../s1. The minimum absolute atomic E-state index is 0. The third kappa shape index (κ3) is 8.33. The lowest BCUT2D eigenvalue weighted by atomic mass is 10.1. The molecule has 0 aromatic heterocycles. The monoisotopic (exact) mass is 564 g/mol. The van der Waals surface area contributed by atoms with Crippen LogP contribution in [0, 0.1) is 11.8 Å². The average molecular weight is 565 g/mol. The Morgan fingerprint density at radius 3 is 1.78 bits per heavy atom. The highest BCUT2D eigenvalue weighted by molar-refractivity contribution is 5.69. The number of carbonyl (C=O) groups is 2. The van der Waals surface area contributed by atoms with Gasteiger partial charge < -0.3 is 29.1 Å². The molecule has 222 valence electrons. The van der Waals surface area contributed by atoms with Crippen molar-refractivity contribution in [1.82, 2.24) is 9.80 Å². The SMILES string of the molecule is C.C1CCOC1.O=C(OCc1ccccc1)N1C[C@@H]2C=C[C@H]1C2.O=C(OCc1ccccc1)N1C[C@H]2C[C@@H]1C[C@@H]2O. The summed E-state index contributed by atoms with van der Waals surface area (Å²) in [6.07, 6.45) is 8.88. The molecule has 2 aliphatic carbocycles. The lowest BCUT2D eigenvalue weighted by Gasteiger charge is -2.28. The predicted molar refractivity (Wildman–Crippen MR) is 157 cm³/mol. The molecule has 5 aliphatic rings. The van der Waals surface area contributed by atoms with Crippen LogP contribution in [0.4, 0.5) is 9.59 Å². The normalized spacial score (nSPS) is 26.4. The molecular weight excluding hydrogens is 520 g/mol.